The van der Waals surface area contributed by atoms with Crippen LogP contribution in [0.3, 0.4) is 0 Å². The predicted molar refractivity (Wildman–Crippen MR) is 63.4 cm³/mol. The van der Waals surface area contributed by atoms with Gasteiger partial charge in [-0.3, -0.25) is 4.98 Å². The zero-order valence-electron chi connectivity index (χ0n) is 9.89. The molecule has 0 bridgehead atoms. The average molecular weight is 281 g/mol. The third-order valence-electron chi connectivity index (χ3n) is 2.84. The quantitative estimate of drug-likeness (QED) is 0.638. The first-order valence-corrected chi connectivity index (χ1v) is 5.61. The fraction of sp³-hybridized carbons (Fsp3) is 0.0769. The van der Waals surface area contributed by atoms with E-state index >= 15 is 0 Å². The summed E-state index contributed by atoms with van der Waals surface area (Å²) in [6.07, 6.45) is 1.59. The van der Waals surface area contributed by atoms with Gasteiger partial charge >= 0.3 is 6.18 Å². The molecule has 3 aromatic rings. The van der Waals surface area contributed by atoms with Gasteiger partial charge in [0.15, 0.2) is 5.65 Å². The van der Waals surface area contributed by atoms with Crippen molar-refractivity contribution in [3.63, 3.8) is 0 Å². The SMILES string of the molecule is Fc1cc(C(F)(F)F)ccc1-c1cn2ccncc2n1. The second-order valence-electron chi connectivity index (χ2n) is 4.16. The normalized spacial score (nSPS) is 12.0. The molecule has 3 rings (SSSR count). The van der Waals surface area contributed by atoms with Crippen LogP contribution in [0.2, 0.25) is 0 Å². The standard InChI is InChI=1S/C13H7F4N3/c14-10-5-8(13(15,16)17)1-2-9(10)11-7-20-4-3-18-6-12(20)19-11/h1-7H. The van der Waals surface area contributed by atoms with E-state index in [0.717, 1.165) is 12.1 Å². The zero-order chi connectivity index (χ0) is 14.3. The molecule has 0 saturated heterocycles. The molecular weight excluding hydrogens is 274 g/mol. The lowest BCUT2D eigenvalue weighted by molar-refractivity contribution is -0.137. The molecule has 0 spiro atoms. The molecule has 102 valence electrons. The van der Waals surface area contributed by atoms with Gasteiger partial charge in [-0.15, -0.1) is 0 Å². The van der Waals surface area contributed by atoms with Crippen LogP contribution in [0, 0.1) is 5.82 Å². The van der Waals surface area contributed by atoms with Crippen molar-refractivity contribution in [3.8, 4) is 11.3 Å². The summed E-state index contributed by atoms with van der Waals surface area (Å²) >= 11 is 0. The maximum Gasteiger partial charge on any atom is 0.416 e. The Bertz CT molecular complexity index is 744. The van der Waals surface area contributed by atoms with Gasteiger partial charge in [0.2, 0.25) is 0 Å². The molecule has 1 aromatic carbocycles. The summed E-state index contributed by atoms with van der Waals surface area (Å²) in [5.41, 5.74) is -0.267. The third kappa shape index (κ3) is 2.11. The summed E-state index contributed by atoms with van der Waals surface area (Å²) in [5, 5.41) is 0. The lowest BCUT2D eigenvalue weighted by Crippen LogP contribution is -2.05. The molecule has 0 amide bonds. The lowest BCUT2D eigenvalue weighted by atomic mass is 10.1. The number of benzene rings is 1. The highest BCUT2D eigenvalue weighted by Gasteiger charge is 2.31. The van der Waals surface area contributed by atoms with Crippen molar-refractivity contribution in [2.75, 3.05) is 0 Å². The van der Waals surface area contributed by atoms with E-state index < -0.39 is 17.6 Å². The van der Waals surface area contributed by atoms with Gasteiger partial charge in [-0.1, -0.05) is 0 Å². The highest BCUT2D eigenvalue weighted by molar-refractivity contribution is 5.63. The maximum atomic E-state index is 13.8. The van der Waals surface area contributed by atoms with Crippen molar-refractivity contribution in [1.82, 2.24) is 14.4 Å². The predicted octanol–water partition coefficient (Wildman–Crippen LogP) is 3.55. The van der Waals surface area contributed by atoms with Crippen molar-refractivity contribution in [1.29, 1.82) is 0 Å². The Hall–Kier alpha value is -2.44. The maximum absolute atomic E-state index is 13.8. The summed E-state index contributed by atoms with van der Waals surface area (Å²) < 4.78 is 52.9. The van der Waals surface area contributed by atoms with Crippen LogP contribution in [0.5, 0.6) is 0 Å². The molecule has 0 radical (unpaired) electrons. The van der Waals surface area contributed by atoms with Crippen molar-refractivity contribution in [2.45, 2.75) is 6.18 Å². The summed E-state index contributed by atoms with van der Waals surface area (Å²) in [6, 6.07) is 2.38. The van der Waals surface area contributed by atoms with Gasteiger partial charge in [-0.05, 0) is 18.2 Å². The molecule has 0 aliphatic rings. The Balaban J connectivity index is 2.10. The third-order valence-corrected chi connectivity index (χ3v) is 2.84. The second kappa shape index (κ2) is 4.29. The summed E-state index contributed by atoms with van der Waals surface area (Å²) in [5.74, 6) is -0.962. The summed E-state index contributed by atoms with van der Waals surface area (Å²) in [4.78, 5) is 7.98. The number of alkyl halides is 3. The van der Waals surface area contributed by atoms with Crippen LogP contribution in [-0.4, -0.2) is 14.4 Å². The minimum absolute atomic E-state index is 0.0155. The number of hydrogen-bond donors (Lipinski definition) is 0. The van der Waals surface area contributed by atoms with E-state index in [9.17, 15) is 17.6 Å². The summed E-state index contributed by atoms with van der Waals surface area (Å²) in [6.45, 7) is 0. The van der Waals surface area contributed by atoms with Crippen LogP contribution in [0.15, 0.2) is 43.0 Å². The molecule has 0 saturated carbocycles. The van der Waals surface area contributed by atoms with Crippen molar-refractivity contribution in [2.24, 2.45) is 0 Å². The molecule has 2 heterocycles. The highest BCUT2D eigenvalue weighted by atomic mass is 19.4. The summed E-state index contributed by atoms with van der Waals surface area (Å²) in [7, 11) is 0. The van der Waals surface area contributed by atoms with Gasteiger partial charge in [0, 0.05) is 24.2 Å². The van der Waals surface area contributed by atoms with Gasteiger partial charge in [0.25, 0.3) is 0 Å². The van der Waals surface area contributed by atoms with Crippen LogP contribution in [0.25, 0.3) is 16.9 Å². The minimum Gasteiger partial charge on any atom is -0.304 e. The van der Waals surface area contributed by atoms with E-state index in [1.807, 2.05) is 0 Å². The fourth-order valence-electron chi connectivity index (χ4n) is 1.87. The number of nitrogens with zero attached hydrogens (tertiary/aromatic N) is 3. The molecule has 2 aromatic heterocycles. The molecule has 20 heavy (non-hydrogen) atoms. The number of hydrogen-bond acceptors (Lipinski definition) is 2. The van der Waals surface area contributed by atoms with Crippen LogP contribution in [0.4, 0.5) is 17.6 Å². The van der Waals surface area contributed by atoms with Crippen LogP contribution >= 0.6 is 0 Å². The van der Waals surface area contributed by atoms with Gasteiger partial charge in [-0.2, -0.15) is 13.2 Å². The van der Waals surface area contributed by atoms with Gasteiger partial charge in [0.1, 0.15) is 5.82 Å². The van der Waals surface area contributed by atoms with Crippen molar-refractivity contribution in [3.05, 3.63) is 54.4 Å². The molecule has 0 aliphatic carbocycles. The first-order chi connectivity index (χ1) is 9.45. The van der Waals surface area contributed by atoms with Gasteiger partial charge < -0.3 is 4.40 Å². The van der Waals surface area contributed by atoms with E-state index in [1.165, 1.54) is 18.6 Å². The van der Waals surface area contributed by atoms with E-state index in [0.29, 0.717) is 11.7 Å². The first kappa shape index (κ1) is 12.6. The molecule has 7 heteroatoms. The molecule has 0 aliphatic heterocycles. The van der Waals surface area contributed by atoms with Crippen molar-refractivity contribution < 1.29 is 17.6 Å². The molecule has 0 fully saturated rings. The average Bonchev–Trinajstić information content (AvgIpc) is 2.80. The Morgan fingerprint density at radius 2 is 1.95 bits per heavy atom. The van der Waals surface area contributed by atoms with E-state index in [2.05, 4.69) is 9.97 Å². The number of aromatic nitrogens is 3. The topological polar surface area (TPSA) is 30.2 Å². The Morgan fingerprint density at radius 3 is 2.60 bits per heavy atom. The molecule has 0 N–H and O–H groups in total. The number of halogens is 4. The first-order valence-electron chi connectivity index (χ1n) is 5.61. The van der Waals surface area contributed by atoms with Crippen LogP contribution in [-0.2, 0) is 6.18 Å². The Kier molecular flexibility index (Phi) is 2.70. The van der Waals surface area contributed by atoms with Crippen LogP contribution < -0.4 is 0 Å². The monoisotopic (exact) mass is 281 g/mol. The Labute approximate surface area is 110 Å². The zero-order valence-corrected chi connectivity index (χ0v) is 9.89. The van der Waals surface area contributed by atoms with Gasteiger partial charge in [0.05, 0.1) is 17.5 Å². The van der Waals surface area contributed by atoms with E-state index in [-0.39, 0.29) is 11.3 Å². The smallest absolute Gasteiger partial charge is 0.304 e. The van der Waals surface area contributed by atoms with Gasteiger partial charge in [-0.25, -0.2) is 9.37 Å². The van der Waals surface area contributed by atoms with Crippen molar-refractivity contribution >= 4 is 5.65 Å². The Morgan fingerprint density at radius 1 is 1.15 bits per heavy atom. The molecular formula is C13H7F4N3. The fourth-order valence-corrected chi connectivity index (χ4v) is 1.87. The highest BCUT2D eigenvalue weighted by Crippen LogP contribution is 2.32. The number of rotatable bonds is 1. The van der Waals surface area contributed by atoms with Crippen LogP contribution in [0.1, 0.15) is 5.56 Å². The largest absolute Gasteiger partial charge is 0.416 e. The number of fused-ring (bicyclic) bond motifs is 1. The minimum atomic E-state index is -4.57. The number of imidazole rings is 1. The lowest BCUT2D eigenvalue weighted by Gasteiger charge is -2.07. The second-order valence-corrected chi connectivity index (χ2v) is 4.16. The molecule has 0 unspecified atom stereocenters. The van der Waals surface area contributed by atoms with E-state index in [1.54, 1.807) is 10.6 Å². The van der Waals surface area contributed by atoms with E-state index in [4.69, 9.17) is 0 Å². The molecule has 3 nitrogen and oxygen atoms in total. The molecule has 0 atom stereocenters.